The molecule has 0 radical (unpaired) electrons. The van der Waals surface area contributed by atoms with Crippen LogP contribution in [-0.4, -0.2) is 8.07 Å². The Hall–Kier alpha value is -3.68. The Balaban J connectivity index is 1.83. The topological polar surface area (TPSA) is 21.4 Å². The Labute approximate surface area is 202 Å². The molecule has 0 atom stereocenters. The van der Waals surface area contributed by atoms with E-state index in [0.29, 0.717) is 5.69 Å². The highest BCUT2D eigenvalue weighted by atomic mass is 28.3. The molecule has 0 unspecified atom stereocenters. The summed E-state index contributed by atoms with van der Waals surface area (Å²) in [5.74, 6) is 0. The molecule has 0 spiro atoms. The summed E-state index contributed by atoms with van der Waals surface area (Å²) in [4.78, 5) is 3.85. The number of hydrogen-bond acceptors (Lipinski definition) is 1. The Morgan fingerprint density at radius 2 is 1.44 bits per heavy atom. The number of pyridine rings is 1. The third kappa shape index (κ3) is 3.53. The number of fused-ring (bicyclic) bond motifs is 3. The van der Waals surface area contributed by atoms with Crippen molar-refractivity contribution in [3.63, 3.8) is 0 Å². The first-order valence-electron chi connectivity index (χ1n) is 11.6. The predicted octanol–water partition coefficient (Wildman–Crippen LogP) is 7.46. The Morgan fingerprint density at radius 1 is 0.794 bits per heavy atom. The minimum atomic E-state index is -1.41. The molecule has 4 heteroatoms. The van der Waals surface area contributed by atoms with Crippen LogP contribution in [0, 0.1) is 20.4 Å². The third-order valence-corrected chi connectivity index (χ3v) is 8.76. The maximum atomic E-state index is 7.83. The van der Waals surface area contributed by atoms with Crippen LogP contribution >= 0.6 is 0 Å². The van der Waals surface area contributed by atoms with Crippen molar-refractivity contribution in [2.45, 2.75) is 33.5 Å². The van der Waals surface area contributed by atoms with Crippen LogP contribution in [0.2, 0.25) is 19.6 Å². The van der Waals surface area contributed by atoms with Gasteiger partial charge in [-0.1, -0.05) is 73.4 Å². The minimum Gasteiger partial charge on any atom is -0.456 e. The highest BCUT2D eigenvalue weighted by Gasteiger charge is 2.23. The lowest BCUT2D eigenvalue weighted by Gasteiger charge is -2.17. The Bertz CT molecular complexity index is 1610. The normalized spacial score (nSPS) is 11.8. The molecule has 0 amide bonds. The van der Waals surface area contributed by atoms with E-state index in [9.17, 15) is 0 Å². The van der Waals surface area contributed by atoms with Crippen LogP contribution in [0.4, 0.5) is 5.69 Å². The lowest BCUT2D eigenvalue weighted by Crippen LogP contribution is -2.37. The van der Waals surface area contributed by atoms with E-state index in [1.165, 1.54) is 10.8 Å². The average Bonchev–Trinajstić information content (AvgIpc) is 3.17. The van der Waals surface area contributed by atoms with Crippen molar-refractivity contribution in [3.8, 4) is 22.4 Å². The lowest BCUT2D eigenvalue weighted by molar-refractivity contribution is -0.660. The molecule has 0 aliphatic heterocycles. The molecule has 168 valence electrons. The van der Waals surface area contributed by atoms with Crippen molar-refractivity contribution < 1.29 is 8.98 Å². The minimum absolute atomic E-state index is 0.617. The largest absolute Gasteiger partial charge is 0.456 e. The van der Waals surface area contributed by atoms with Crippen molar-refractivity contribution in [1.29, 1.82) is 0 Å². The fraction of sp³-hybridized carbons (Fsp3) is 0.200. The summed E-state index contributed by atoms with van der Waals surface area (Å²) in [5, 5.41) is 3.53. The molecule has 0 aliphatic carbocycles. The van der Waals surface area contributed by atoms with E-state index in [1.54, 1.807) is 0 Å². The van der Waals surface area contributed by atoms with E-state index in [4.69, 9.17) is 11.0 Å². The lowest BCUT2D eigenvalue weighted by atomic mass is 9.98. The molecule has 0 bridgehead atoms. The number of nitrogens with zero attached hydrogens (tertiary/aromatic N) is 2. The third-order valence-electron chi connectivity index (χ3n) is 6.69. The highest BCUT2D eigenvalue weighted by molar-refractivity contribution is 6.88. The SMILES string of the molecule is [C-]#[N+]c1ccc2c(oc3c(-c4ccc(C)c[n+]4C)c(C)ccc32)c1-c1ccc([Si](C)(C)C)cc1. The van der Waals surface area contributed by atoms with E-state index in [1.807, 2.05) is 12.1 Å². The summed E-state index contributed by atoms with van der Waals surface area (Å²) in [6, 6.07) is 21.3. The molecule has 0 saturated heterocycles. The molecule has 0 N–H and O–H groups in total. The first-order valence-corrected chi connectivity index (χ1v) is 15.1. The predicted molar refractivity (Wildman–Crippen MR) is 144 cm³/mol. The van der Waals surface area contributed by atoms with E-state index in [0.717, 1.165) is 49.9 Å². The second-order valence-corrected chi connectivity index (χ2v) is 15.3. The molecule has 34 heavy (non-hydrogen) atoms. The van der Waals surface area contributed by atoms with Crippen molar-refractivity contribution in [2.75, 3.05) is 0 Å². The zero-order valence-corrected chi connectivity index (χ0v) is 21.7. The quantitative estimate of drug-likeness (QED) is 0.155. The van der Waals surface area contributed by atoms with Gasteiger partial charge in [0.15, 0.2) is 11.9 Å². The van der Waals surface area contributed by atoms with Gasteiger partial charge in [-0.15, -0.1) is 0 Å². The van der Waals surface area contributed by atoms with Crippen LogP contribution in [0.5, 0.6) is 0 Å². The standard InChI is InChI=1S/C30H29N2OSi/c1-19-8-17-26(32(4)18-19)27-20(2)9-14-23-24-15-16-25(31-3)28(30(24)33-29(23)27)21-10-12-22(13-11-21)34(5,6)7/h8-18H,1-2,4-7H3/q+1. The number of aromatic nitrogens is 1. The molecular formula is C30H29N2OSi+. The maximum Gasteiger partial charge on any atom is 0.216 e. The van der Waals surface area contributed by atoms with Gasteiger partial charge in [0.05, 0.1) is 20.2 Å². The van der Waals surface area contributed by atoms with Gasteiger partial charge in [-0.05, 0) is 31.0 Å². The molecule has 0 fully saturated rings. The molecular weight excluding hydrogens is 432 g/mol. The smallest absolute Gasteiger partial charge is 0.216 e. The van der Waals surface area contributed by atoms with Gasteiger partial charge >= 0.3 is 0 Å². The second kappa shape index (κ2) is 7.97. The summed E-state index contributed by atoms with van der Waals surface area (Å²) in [6.07, 6.45) is 2.14. The van der Waals surface area contributed by atoms with Crippen LogP contribution in [0.1, 0.15) is 11.1 Å². The maximum absolute atomic E-state index is 7.83. The molecule has 0 saturated carbocycles. The zero-order chi connectivity index (χ0) is 24.2. The Kier molecular flexibility index (Phi) is 5.19. The summed E-state index contributed by atoms with van der Waals surface area (Å²) >= 11 is 0. The molecule has 5 aromatic rings. The van der Waals surface area contributed by atoms with Crippen molar-refractivity contribution >= 4 is 40.9 Å². The molecule has 3 aromatic carbocycles. The number of furan rings is 1. The summed E-state index contributed by atoms with van der Waals surface area (Å²) in [5.41, 5.74) is 8.76. The molecule has 3 nitrogen and oxygen atoms in total. The summed E-state index contributed by atoms with van der Waals surface area (Å²) in [6.45, 7) is 19.1. The molecule has 2 heterocycles. The fourth-order valence-electron chi connectivity index (χ4n) is 4.82. The van der Waals surface area contributed by atoms with Gasteiger partial charge in [0.1, 0.15) is 18.2 Å². The number of aryl methyl sites for hydroxylation is 3. The highest BCUT2D eigenvalue weighted by Crippen LogP contribution is 2.44. The van der Waals surface area contributed by atoms with E-state index in [2.05, 4.69) is 105 Å². The van der Waals surface area contributed by atoms with Crippen LogP contribution in [0.15, 0.2) is 71.3 Å². The van der Waals surface area contributed by atoms with Crippen molar-refractivity contribution in [1.82, 2.24) is 0 Å². The summed E-state index contributed by atoms with van der Waals surface area (Å²) in [7, 11) is 0.669. The summed E-state index contributed by atoms with van der Waals surface area (Å²) < 4.78 is 8.84. The first kappa shape index (κ1) is 22.1. The van der Waals surface area contributed by atoms with Gasteiger partial charge in [0.2, 0.25) is 5.69 Å². The second-order valence-electron chi connectivity index (χ2n) is 10.2. The molecule has 2 aromatic heterocycles. The van der Waals surface area contributed by atoms with Gasteiger partial charge in [-0.25, -0.2) is 9.41 Å². The van der Waals surface area contributed by atoms with Gasteiger partial charge in [-0.3, -0.25) is 0 Å². The van der Waals surface area contributed by atoms with Crippen molar-refractivity contribution in [3.05, 3.63) is 89.4 Å². The van der Waals surface area contributed by atoms with E-state index in [-0.39, 0.29) is 0 Å². The zero-order valence-electron chi connectivity index (χ0n) is 20.7. The Morgan fingerprint density at radius 3 is 2.06 bits per heavy atom. The molecule has 5 rings (SSSR count). The fourth-order valence-corrected chi connectivity index (χ4v) is 5.99. The molecule has 0 aliphatic rings. The van der Waals surface area contributed by atoms with Crippen LogP contribution in [-0.2, 0) is 7.05 Å². The van der Waals surface area contributed by atoms with Gasteiger partial charge in [-0.2, -0.15) is 0 Å². The van der Waals surface area contributed by atoms with Crippen LogP contribution in [0.3, 0.4) is 0 Å². The monoisotopic (exact) mass is 461 g/mol. The number of hydrogen-bond donors (Lipinski definition) is 0. The van der Waals surface area contributed by atoms with E-state index >= 15 is 0 Å². The number of benzene rings is 3. The van der Waals surface area contributed by atoms with Gasteiger partial charge in [0.25, 0.3) is 0 Å². The van der Waals surface area contributed by atoms with Crippen LogP contribution in [0.25, 0.3) is 49.2 Å². The first-order chi connectivity index (χ1) is 16.2. The van der Waals surface area contributed by atoms with Crippen molar-refractivity contribution in [2.24, 2.45) is 7.05 Å². The van der Waals surface area contributed by atoms with Gasteiger partial charge < -0.3 is 4.42 Å². The average molecular weight is 462 g/mol. The number of rotatable bonds is 3. The van der Waals surface area contributed by atoms with Gasteiger partial charge in [0, 0.05) is 28.0 Å². The van der Waals surface area contributed by atoms with E-state index < -0.39 is 8.07 Å². The van der Waals surface area contributed by atoms with Crippen LogP contribution < -0.4 is 9.75 Å².